The van der Waals surface area contributed by atoms with Crippen LogP contribution in [0, 0.1) is 0 Å². The molecule has 1 aromatic carbocycles. The first-order valence-corrected chi connectivity index (χ1v) is 3.47. The molecule has 1 radical (unpaired) electrons. The number of rotatable bonds is 2. The summed E-state index contributed by atoms with van der Waals surface area (Å²) in [5.74, 6) is 5.12. The third kappa shape index (κ3) is 2.25. The Balaban J connectivity index is 2.58. The molecule has 4 heteroatoms. The molecule has 1 amide bonds. The van der Waals surface area contributed by atoms with E-state index < -0.39 is 6.09 Å². The van der Waals surface area contributed by atoms with Gasteiger partial charge in [0.25, 0.3) is 0 Å². The second-order valence-electron chi connectivity index (χ2n) is 2.38. The van der Waals surface area contributed by atoms with Crippen molar-refractivity contribution in [2.24, 2.45) is 5.84 Å². The molecule has 4 nitrogen and oxygen atoms in total. The van der Waals surface area contributed by atoms with E-state index in [1.165, 1.54) is 0 Å². The molecule has 0 fully saturated rings. The van der Waals surface area contributed by atoms with Gasteiger partial charge in [0.1, 0.15) is 0 Å². The zero-order chi connectivity index (χ0) is 8.97. The standard InChI is InChI=1S/C8H9N2O2/c9-10(8(11)12)6-7-4-2-1-3-5-7/h1-5H,6,9H2. The molecule has 0 aromatic heterocycles. The Morgan fingerprint density at radius 1 is 1.33 bits per heavy atom. The molecule has 0 aliphatic carbocycles. The summed E-state index contributed by atoms with van der Waals surface area (Å²) in [4.78, 5) is 10.2. The molecule has 0 aliphatic heterocycles. The van der Waals surface area contributed by atoms with Gasteiger partial charge in [-0.2, -0.15) is 0 Å². The van der Waals surface area contributed by atoms with Crippen LogP contribution in [-0.4, -0.2) is 11.1 Å². The number of hydrogen-bond donors (Lipinski definition) is 1. The highest BCUT2D eigenvalue weighted by molar-refractivity contribution is 5.63. The van der Waals surface area contributed by atoms with Crippen LogP contribution in [0.2, 0.25) is 0 Å². The average Bonchev–Trinajstić information content (AvgIpc) is 2.06. The molecule has 0 bridgehead atoms. The molecule has 2 N–H and O–H groups in total. The summed E-state index contributed by atoms with van der Waals surface area (Å²) in [5, 5.41) is 10.8. The van der Waals surface area contributed by atoms with Crippen molar-refractivity contribution >= 4 is 6.09 Å². The van der Waals surface area contributed by atoms with Gasteiger partial charge in [-0.3, -0.25) is 0 Å². The molecular formula is C8H9N2O2. The average molecular weight is 165 g/mol. The molecule has 0 saturated carbocycles. The Labute approximate surface area is 70.2 Å². The number of carbonyl (C=O) groups excluding carboxylic acids is 1. The number of nitrogens with two attached hydrogens (primary N) is 1. The molecule has 63 valence electrons. The summed E-state index contributed by atoms with van der Waals surface area (Å²) >= 11 is 0. The highest BCUT2D eigenvalue weighted by Crippen LogP contribution is 2.00. The summed E-state index contributed by atoms with van der Waals surface area (Å²) in [6.45, 7) is 0.156. The summed E-state index contributed by atoms with van der Waals surface area (Å²) in [6, 6.07) is 9.08. The van der Waals surface area contributed by atoms with Gasteiger partial charge in [-0.15, -0.1) is 0 Å². The molecule has 1 rings (SSSR count). The summed E-state index contributed by atoms with van der Waals surface area (Å²) in [7, 11) is 0. The number of benzene rings is 1. The SMILES string of the molecule is NN(Cc1ccccc1)C([O])=O. The van der Waals surface area contributed by atoms with E-state index in [-0.39, 0.29) is 6.54 Å². The second-order valence-corrected chi connectivity index (χ2v) is 2.38. The molecule has 0 saturated heterocycles. The third-order valence-electron chi connectivity index (χ3n) is 1.43. The monoisotopic (exact) mass is 165 g/mol. The van der Waals surface area contributed by atoms with Gasteiger partial charge < -0.3 is 0 Å². The van der Waals surface area contributed by atoms with Crippen molar-refractivity contribution in [3.8, 4) is 0 Å². The van der Waals surface area contributed by atoms with Gasteiger partial charge in [-0.05, 0) is 5.56 Å². The van der Waals surface area contributed by atoms with Crippen molar-refractivity contribution in [3.05, 3.63) is 35.9 Å². The minimum atomic E-state index is -1.38. The fourth-order valence-corrected chi connectivity index (χ4v) is 0.845. The minimum absolute atomic E-state index is 0.156. The van der Waals surface area contributed by atoms with Crippen LogP contribution in [0.25, 0.3) is 0 Å². The van der Waals surface area contributed by atoms with Gasteiger partial charge in [-0.1, -0.05) is 30.3 Å². The van der Waals surface area contributed by atoms with E-state index in [1.807, 2.05) is 18.2 Å². The van der Waals surface area contributed by atoms with E-state index in [9.17, 15) is 9.90 Å². The van der Waals surface area contributed by atoms with Crippen LogP contribution in [0.5, 0.6) is 0 Å². The van der Waals surface area contributed by atoms with Crippen LogP contribution >= 0.6 is 0 Å². The van der Waals surface area contributed by atoms with Crippen LogP contribution in [0.3, 0.4) is 0 Å². The summed E-state index contributed by atoms with van der Waals surface area (Å²) in [5.41, 5.74) is 0.837. The van der Waals surface area contributed by atoms with Gasteiger partial charge >= 0.3 is 6.09 Å². The maximum atomic E-state index is 10.2. The lowest BCUT2D eigenvalue weighted by Gasteiger charge is -2.09. The normalized spacial score (nSPS) is 9.42. The van der Waals surface area contributed by atoms with Crippen LogP contribution in [0.15, 0.2) is 30.3 Å². The summed E-state index contributed by atoms with van der Waals surface area (Å²) < 4.78 is 0. The molecule has 0 atom stereocenters. The first kappa shape index (κ1) is 8.55. The lowest BCUT2D eigenvalue weighted by molar-refractivity contribution is 0.117. The Morgan fingerprint density at radius 2 is 1.92 bits per heavy atom. The van der Waals surface area contributed by atoms with E-state index in [4.69, 9.17) is 5.84 Å². The van der Waals surface area contributed by atoms with Crippen molar-refractivity contribution in [2.75, 3.05) is 0 Å². The highest BCUT2D eigenvalue weighted by Gasteiger charge is 2.07. The molecular weight excluding hydrogens is 156 g/mol. The predicted octanol–water partition coefficient (Wildman–Crippen LogP) is 0.913. The first-order valence-electron chi connectivity index (χ1n) is 3.47. The maximum absolute atomic E-state index is 10.2. The van der Waals surface area contributed by atoms with E-state index in [2.05, 4.69) is 0 Å². The third-order valence-corrected chi connectivity index (χ3v) is 1.43. The van der Waals surface area contributed by atoms with Gasteiger partial charge in [0, 0.05) is 0 Å². The maximum Gasteiger partial charge on any atom is 0.467 e. The number of amides is 1. The fraction of sp³-hybridized carbons (Fsp3) is 0.125. The van der Waals surface area contributed by atoms with Crippen molar-refractivity contribution in [2.45, 2.75) is 6.54 Å². The quantitative estimate of drug-likeness (QED) is 0.402. The number of nitrogens with zero attached hydrogens (tertiary/aromatic N) is 1. The number of hydrogen-bond acceptors (Lipinski definition) is 2. The van der Waals surface area contributed by atoms with Gasteiger partial charge in [0.15, 0.2) is 0 Å². The Kier molecular flexibility index (Phi) is 2.66. The van der Waals surface area contributed by atoms with Crippen molar-refractivity contribution in [3.63, 3.8) is 0 Å². The largest absolute Gasteiger partial charge is 0.467 e. The molecule has 12 heavy (non-hydrogen) atoms. The van der Waals surface area contributed by atoms with Crippen LogP contribution in [-0.2, 0) is 11.7 Å². The van der Waals surface area contributed by atoms with Crippen LogP contribution in [0.1, 0.15) is 5.56 Å². The Morgan fingerprint density at radius 3 is 2.42 bits per heavy atom. The van der Waals surface area contributed by atoms with Gasteiger partial charge in [-0.25, -0.2) is 20.8 Å². The first-order chi connectivity index (χ1) is 5.70. The minimum Gasteiger partial charge on any atom is -0.242 e. The number of hydrazine groups is 1. The lowest BCUT2D eigenvalue weighted by Crippen LogP contribution is -2.34. The molecule has 1 aromatic rings. The second kappa shape index (κ2) is 3.73. The topological polar surface area (TPSA) is 66.2 Å². The van der Waals surface area contributed by atoms with Crippen molar-refractivity contribution in [1.29, 1.82) is 0 Å². The smallest absolute Gasteiger partial charge is 0.242 e. The van der Waals surface area contributed by atoms with Crippen LogP contribution < -0.4 is 5.84 Å². The van der Waals surface area contributed by atoms with Gasteiger partial charge in [0.05, 0.1) is 6.54 Å². The lowest BCUT2D eigenvalue weighted by atomic mass is 10.2. The van der Waals surface area contributed by atoms with Crippen molar-refractivity contribution < 1.29 is 9.90 Å². The Hall–Kier alpha value is -1.55. The predicted molar refractivity (Wildman–Crippen MR) is 42.3 cm³/mol. The fourth-order valence-electron chi connectivity index (χ4n) is 0.845. The van der Waals surface area contributed by atoms with Crippen molar-refractivity contribution in [1.82, 2.24) is 5.01 Å². The molecule has 0 spiro atoms. The van der Waals surface area contributed by atoms with Gasteiger partial charge in [0.2, 0.25) is 0 Å². The Bertz CT molecular complexity index is 261. The highest BCUT2D eigenvalue weighted by atomic mass is 16.4. The summed E-state index contributed by atoms with van der Waals surface area (Å²) in [6.07, 6.45) is -1.38. The van der Waals surface area contributed by atoms with E-state index in [0.717, 1.165) is 5.56 Å². The van der Waals surface area contributed by atoms with E-state index >= 15 is 0 Å². The number of carbonyl (C=O) groups is 1. The van der Waals surface area contributed by atoms with E-state index in [0.29, 0.717) is 5.01 Å². The zero-order valence-electron chi connectivity index (χ0n) is 6.43. The zero-order valence-corrected chi connectivity index (χ0v) is 6.43. The molecule has 0 heterocycles. The molecule has 0 aliphatic rings. The van der Waals surface area contributed by atoms with Crippen LogP contribution in [0.4, 0.5) is 4.79 Å². The van der Waals surface area contributed by atoms with E-state index in [1.54, 1.807) is 12.1 Å². The molecule has 0 unspecified atom stereocenters.